The van der Waals surface area contributed by atoms with Crippen LogP contribution in [-0.2, 0) is 40.5 Å². The minimum atomic E-state index is -4.39. The number of benzene rings is 3. The van der Waals surface area contributed by atoms with Gasteiger partial charge in [0.15, 0.2) is 11.5 Å². The molecule has 1 aliphatic carbocycles. The van der Waals surface area contributed by atoms with Crippen LogP contribution in [0.25, 0.3) is 5.70 Å². The predicted octanol–water partition coefficient (Wildman–Crippen LogP) is 4.08. The van der Waals surface area contributed by atoms with Crippen molar-refractivity contribution in [2.75, 3.05) is 20.4 Å². The van der Waals surface area contributed by atoms with Gasteiger partial charge in [-0.05, 0) is 63.6 Å². The largest absolute Gasteiger partial charge is 1.00 e. The van der Waals surface area contributed by atoms with Crippen LogP contribution < -0.4 is 31.4 Å². The summed E-state index contributed by atoms with van der Waals surface area (Å²) in [5.74, 6) is 2.15. The fourth-order valence-electron chi connectivity index (χ4n) is 6.71. The van der Waals surface area contributed by atoms with Gasteiger partial charge in [0, 0.05) is 29.6 Å². The van der Waals surface area contributed by atoms with Crippen LogP contribution in [0, 0.1) is 0 Å². The third-order valence-electron chi connectivity index (χ3n) is 9.21. The Hall–Kier alpha value is -3.79. The molecule has 0 aromatic heterocycles. The maximum Gasteiger partial charge on any atom is 0.416 e. The van der Waals surface area contributed by atoms with Gasteiger partial charge in [-0.3, -0.25) is 4.90 Å². The van der Waals surface area contributed by atoms with Crippen LogP contribution in [0.1, 0.15) is 54.2 Å². The van der Waals surface area contributed by atoms with Crippen LogP contribution in [0.2, 0.25) is 0 Å². The average Bonchev–Trinajstić information content (AvgIpc) is 3.49. The summed E-state index contributed by atoms with van der Waals surface area (Å²) in [6, 6.07) is 18.1. The van der Waals surface area contributed by atoms with E-state index in [0.29, 0.717) is 24.5 Å². The Morgan fingerprint density at radius 2 is 1.53 bits per heavy atom. The first-order valence-electron chi connectivity index (χ1n) is 15.6. The number of alkyl halides is 3. The highest BCUT2D eigenvalue weighted by molar-refractivity contribution is 5.77. The van der Waals surface area contributed by atoms with Crippen molar-refractivity contribution in [3.63, 3.8) is 0 Å². The summed E-state index contributed by atoms with van der Waals surface area (Å²) in [5, 5.41) is 0. The lowest BCUT2D eigenvalue weighted by atomic mass is 9.79. The van der Waals surface area contributed by atoms with Gasteiger partial charge in [-0.15, -0.1) is 0 Å². The van der Waals surface area contributed by atoms with Crippen molar-refractivity contribution in [2.24, 2.45) is 0 Å². The van der Waals surface area contributed by atoms with Crippen LogP contribution in [0.4, 0.5) is 13.2 Å². The molecule has 0 spiro atoms. The third-order valence-corrected chi connectivity index (χ3v) is 9.21. The van der Waals surface area contributed by atoms with Crippen LogP contribution in [0.3, 0.4) is 0 Å². The van der Waals surface area contributed by atoms with E-state index in [0.717, 1.165) is 70.0 Å². The molecule has 0 saturated carbocycles. The highest BCUT2D eigenvalue weighted by Crippen LogP contribution is 2.43. The van der Waals surface area contributed by atoms with Crippen molar-refractivity contribution in [1.82, 2.24) is 0 Å². The molecule has 2 unspecified atom stereocenters. The first-order valence-corrected chi connectivity index (χ1v) is 15.6. The summed E-state index contributed by atoms with van der Waals surface area (Å²) in [6.07, 6.45) is 2.67. The van der Waals surface area contributed by atoms with E-state index >= 15 is 0 Å². The molecule has 5 nitrogen and oxygen atoms in total. The number of nitrogens with one attached hydrogen (secondary N) is 1. The van der Waals surface area contributed by atoms with E-state index in [1.165, 1.54) is 16.0 Å². The lowest BCUT2D eigenvalue weighted by molar-refractivity contribution is -0.771. The minimum absolute atomic E-state index is 0. The summed E-state index contributed by atoms with van der Waals surface area (Å²) >= 11 is 0. The molecule has 0 amide bonds. The number of ether oxygens (including phenoxy) is 4. The first kappa shape index (κ1) is 33.1. The Labute approximate surface area is 283 Å². The summed E-state index contributed by atoms with van der Waals surface area (Å²) in [6.45, 7) is 7.97. The second kappa shape index (κ2) is 12.7. The molecule has 7 rings (SSSR count). The molecule has 3 aromatic carbocycles. The van der Waals surface area contributed by atoms with Crippen molar-refractivity contribution >= 4 is 5.70 Å². The van der Waals surface area contributed by atoms with Crippen LogP contribution in [-0.4, -0.2) is 26.6 Å². The SMILES string of the molecule is COC1=CC=C2C(=C[NH+]3CCc4cc5c(cc4C3=C2Cc2ccc(C(F)(F)F)cc2)OCO5)C1OCc1ccc(C(C)(C)C)cc1.[Br-]. The minimum Gasteiger partial charge on any atom is -1.00 e. The molecule has 0 fully saturated rings. The van der Waals surface area contributed by atoms with E-state index in [4.69, 9.17) is 18.9 Å². The van der Waals surface area contributed by atoms with Crippen LogP contribution >= 0.6 is 0 Å². The molecule has 47 heavy (non-hydrogen) atoms. The van der Waals surface area contributed by atoms with Gasteiger partial charge in [-0.25, -0.2) is 0 Å². The molecule has 0 saturated heterocycles. The van der Waals surface area contributed by atoms with Crippen LogP contribution in [0.15, 0.2) is 101 Å². The van der Waals surface area contributed by atoms with Crippen molar-refractivity contribution in [1.29, 1.82) is 0 Å². The number of halogens is 4. The zero-order valence-electron chi connectivity index (χ0n) is 26.8. The summed E-state index contributed by atoms with van der Waals surface area (Å²) < 4.78 is 64.1. The topological polar surface area (TPSA) is 41.4 Å². The summed E-state index contributed by atoms with van der Waals surface area (Å²) in [5.41, 5.74) is 8.89. The van der Waals surface area contributed by atoms with E-state index in [2.05, 4.69) is 57.3 Å². The lowest BCUT2D eigenvalue weighted by Gasteiger charge is -2.36. The van der Waals surface area contributed by atoms with E-state index in [1.807, 2.05) is 18.2 Å². The van der Waals surface area contributed by atoms with Crippen molar-refractivity contribution in [3.05, 3.63) is 135 Å². The maximum atomic E-state index is 13.4. The molecule has 9 heteroatoms. The Bertz CT molecular complexity index is 1800. The Balaban J connectivity index is 0.00000386. The number of fused-ring (bicyclic) bond motifs is 5. The van der Waals surface area contributed by atoms with E-state index in [1.54, 1.807) is 19.2 Å². The van der Waals surface area contributed by atoms with Gasteiger partial charge < -0.3 is 35.9 Å². The van der Waals surface area contributed by atoms with Gasteiger partial charge in [0.05, 0.1) is 25.8 Å². The summed E-state index contributed by atoms with van der Waals surface area (Å²) in [4.78, 5) is 1.17. The highest BCUT2D eigenvalue weighted by Gasteiger charge is 2.41. The molecular weight excluding hydrogens is 671 g/mol. The molecule has 4 aliphatic rings. The van der Waals surface area contributed by atoms with Gasteiger partial charge in [-0.2, -0.15) is 13.2 Å². The summed E-state index contributed by atoms with van der Waals surface area (Å²) in [7, 11) is 1.65. The standard InChI is InChI=1S/C38H36F3NO4.BrH/c1-37(2,3)26-9-7-24(8-10-26)21-44-36-31-20-42-16-15-25-18-33-34(46-22-45-33)19-29(25)35(42)30(28(31)13-14-32(36)43-4)17-23-5-11-27(12-6-23)38(39,40)41;/h5-14,18-20,36H,15-17,21-22H2,1-4H3;1H. The number of allylic oxidation sites excluding steroid dienone is 3. The Kier molecular flexibility index (Phi) is 8.93. The lowest BCUT2D eigenvalue weighted by Crippen LogP contribution is -3.06. The number of hydrogen-bond donors (Lipinski definition) is 1. The zero-order chi connectivity index (χ0) is 32.2. The van der Waals surface area contributed by atoms with Gasteiger partial charge in [0.1, 0.15) is 23.8 Å². The van der Waals surface area contributed by atoms with Gasteiger partial charge >= 0.3 is 6.18 Å². The Morgan fingerprint density at radius 3 is 2.19 bits per heavy atom. The molecule has 2 atom stereocenters. The van der Waals surface area contributed by atoms with E-state index in [-0.39, 0.29) is 29.2 Å². The fraction of sp³-hybridized carbons (Fsp3) is 0.316. The maximum absolute atomic E-state index is 13.4. The number of rotatable bonds is 6. The van der Waals surface area contributed by atoms with E-state index in [9.17, 15) is 13.2 Å². The van der Waals surface area contributed by atoms with Crippen molar-refractivity contribution < 1.29 is 54.0 Å². The third kappa shape index (κ3) is 6.41. The van der Waals surface area contributed by atoms with E-state index < -0.39 is 17.8 Å². The molecular formula is C38H37BrF3NO4. The number of hydrogen-bond acceptors (Lipinski definition) is 4. The quantitative estimate of drug-likeness (QED) is 0.420. The highest BCUT2D eigenvalue weighted by atomic mass is 79.9. The molecule has 1 N–H and O–H groups in total. The van der Waals surface area contributed by atoms with Crippen molar-refractivity contribution in [3.8, 4) is 11.5 Å². The predicted molar refractivity (Wildman–Crippen MR) is 169 cm³/mol. The fourth-order valence-corrected chi connectivity index (χ4v) is 6.71. The smallest absolute Gasteiger partial charge is 0.416 e. The molecule has 246 valence electrons. The zero-order valence-corrected chi connectivity index (χ0v) is 28.3. The Morgan fingerprint density at radius 1 is 0.872 bits per heavy atom. The average molecular weight is 709 g/mol. The van der Waals surface area contributed by atoms with Gasteiger partial charge in [0.25, 0.3) is 0 Å². The molecule has 3 aliphatic heterocycles. The first-order chi connectivity index (χ1) is 22.0. The van der Waals surface area contributed by atoms with Crippen molar-refractivity contribution in [2.45, 2.75) is 57.9 Å². The molecule has 0 bridgehead atoms. The van der Waals surface area contributed by atoms with Gasteiger partial charge in [-0.1, -0.05) is 63.2 Å². The normalized spacial score (nSPS) is 19.9. The molecule has 3 aromatic rings. The molecule has 0 radical (unpaired) electrons. The second-order valence-electron chi connectivity index (χ2n) is 13.2. The second-order valence-corrected chi connectivity index (χ2v) is 13.2. The van der Waals surface area contributed by atoms with Crippen LogP contribution in [0.5, 0.6) is 11.5 Å². The number of methoxy groups -OCH3 is 1. The monoisotopic (exact) mass is 707 g/mol. The molecule has 3 heterocycles. The van der Waals surface area contributed by atoms with Gasteiger partial charge in [0.2, 0.25) is 6.79 Å². The number of quaternary nitrogens is 1.